The van der Waals surface area contributed by atoms with Crippen molar-refractivity contribution in [3.05, 3.63) is 53.9 Å². The number of carbonyl (C=O) groups is 1. The second kappa shape index (κ2) is 11.5. The maximum Gasteiger partial charge on any atom is 0.420 e. The van der Waals surface area contributed by atoms with Crippen molar-refractivity contribution in [2.75, 3.05) is 17.7 Å². The van der Waals surface area contributed by atoms with Gasteiger partial charge in [0.1, 0.15) is 16.8 Å². The summed E-state index contributed by atoms with van der Waals surface area (Å²) in [6.45, 7) is 2.21. The van der Waals surface area contributed by atoms with Crippen molar-refractivity contribution >= 4 is 45.7 Å². The zero-order valence-electron chi connectivity index (χ0n) is 17.8. The normalized spacial score (nSPS) is 15.6. The van der Waals surface area contributed by atoms with Crippen molar-refractivity contribution < 1.29 is 22.7 Å². The number of hydrogen-bond donors (Lipinski definition) is 2. The number of nitrogens with zero attached hydrogens (tertiary/aromatic N) is 2. The van der Waals surface area contributed by atoms with E-state index < -0.39 is 23.7 Å². The van der Waals surface area contributed by atoms with Gasteiger partial charge in [-0.2, -0.15) is 13.2 Å². The Morgan fingerprint density at radius 2 is 2.12 bits per heavy atom. The number of halogens is 3. The summed E-state index contributed by atoms with van der Waals surface area (Å²) < 4.78 is 45.8. The monoisotopic (exact) mass is 496 g/mol. The number of rotatable bonds is 8. The predicted molar refractivity (Wildman–Crippen MR) is 128 cm³/mol. The van der Waals surface area contributed by atoms with Gasteiger partial charge in [-0.3, -0.25) is 14.8 Å². The Morgan fingerprint density at radius 1 is 1.30 bits per heavy atom. The number of aliphatic imine (C=N–C) groups is 1. The molecule has 3 rings (SSSR count). The van der Waals surface area contributed by atoms with Crippen molar-refractivity contribution in [2.24, 2.45) is 4.99 Å². The predicted octanol–water partition coefficient (Wildman–Crippen LogP) is 5.04. The highest BCUT2D eigenvalue weighted by Gasteiger charge is 2.35. The molecule has 1 atom stereocenters. The van der Waals surface area contributed by atoms with Crippen molar-refractivity contribution in [1.82, 2.24) is 10.3 Å². The largest absolute Gasteiger partial charge is 0.493 e. The van der Waals surface area contributed by atoms with Crippen LogP contribution >= 0.6 is 24.0 Å². The Hall–Kier alpha value is -2.66. The molecular weight excluding hydrogens is 473 g/mol. The molecular formula is C22H23F3N4O2S2. The fourth-order valence-electron chi connectivity index (χ4n) is 3.00. The van der Waals surface area contributed by atoms with E-state index in [1.54, 1.807) is 18.5 Å². The summed E-state index contributed by atoms with van der Waals surface area (Å²) in [5, 5.41) is 5.72. The van der Waals surface area contributed by atoms with Crippen LogP contribution in [0.2, 0.25) is 0 Å². The van der Waals surface area contributed by atoms with Gasteiger partial charge in [0.15, 0.2) is 5.11 Å². The SMILES string of the molecule is CCCCCOc1ccc(NC(=S)NC(=O)C2CSC(c3cccnc3)=N2)cc1C(F)(F)F. The standard InChI is InChI=1S/C22H23F3N4O2S2/c1-2-3-4-10-31-18-8-7-15(11-16(18)22(23,24)25)27-21(32)29-19(30)17-13-33-20(28-17)14-6-5-9-26-12-14/h5-9,11-12,17H,2-4,10,13H2,1H3,(H2,27,29,30,32). The van der Waals surface area contributed by atoms with Crippen LogP contribution in [-0.2, 0) is 11.0 Å². The van der Waals surface area contributed by atoms with E-state index in [-0.39, 0.29) is 23.2 Å². The van der Waals surface area contributed by atoms with Gasteiger partial charge in [0.05, 0.1) is 12.2 Å². The van der Waals surface area contributed by atoms with Gasteiger partial charge in [0.2, 0.25) is 0 Å². The summed E-state index contributed by atoms with van der Waals surface area (Å²) in [7, 11) is 0. The number of unbranched alkanes of at least 4 members (excludes halogenated alkanes) is 2. The molecule has 0 aliphatic carbocycles. The number of aromatic nitrogens is 1. The van der Waals surface area contributed by atoms with Gasteiger partial charge in [-0.1, -0.05) is 19.8 Å². The zero-order chi connectivity index (χ0) is 23.8. The molecule has 0 saturated heterocycles. The van der Waals surface area contributed by atoms with Crippen LogP contribution in [0.4, 0.5) is 18.9 Å². The quantitative estimate of drug-likeness (QED) is 0.394. The number of carbonyl (C=O) groups excluding carboxylic acids is 1. The number of thioether (sulfide) groups is 1. The second-order valence-electron chi connectivity index (χ2n) is 7.21. The third kappa shape index (κ3) is 7.16. The average molecular weight is 497 g/mol. The van der Waals surface area contributed by atoms with E-state index >= 15 is 0 Å². The van der Waals surface area contributed by atoms with Crippen molar-refractivity contribution in [2.45, 2.75) is 38.4 Å². The molecule has 2 N–H and O–H groups in total. The zero-order valence-corrected chi connectivity index (χ0v) is 19.4. The van der Waals surface area contributed by atoms with Gasteiger partial charge >= 0.3 is 6.18 Å². The van der Waals surface area contributed by atoms with E-state index in [1.807, 2.05) is 13.0 Å². The lowest BCUT2D eigenvalue weighted by Crippen LogP contribution is -2.40. The van der Waals surface area contributed by atoms with E-state index in [4.69, 9.17) is 17.0 Å². The Kier molecular flexibility index (Phi) is 8.67. The van der Waals surface area contributed by atoms with Gasteiger partial charge in [-0.05, 0) is 49.0 Å². The average Bonchev–Trinajstić information content (AvgIpc) is 3.28. The molecule has 0 radical (unpaired) electrons. The smallest absolute Gasteiger partial charge is 0.420 e. The summed E-state index contributed by atoms with van der Waals surface area (Å²) in [6, 6.07) is 6.56. The molecule has 0 bridgehead atoms. The molecule has 1 unspecified atom stereocenters. The van der Waals surface area contributed by atoms with Crippen LogP contribution in [0.1, 0.15) is 37.3 Å². The number of benzene rings is 1. The minimum atomic E-state index is -4.60. The highest BCUT2D eigenvalue weighted by atomic mass is 32.2. The first-order chi connectivity index (χ1) is 15.8. The highest BCUT2D eigenvalue weighted by Crippen LogP contribution is 2.38. The first kappa shape index (κ1) is 25.0. The van der Waals surface area contributed by atoms with E-state index in [9.17, 15) is 18.0 Å². The third-order valence-electron chi connectivity index (χ3n) is 4.65. The molecule has 11 heteroatoms. The molecule has 0 spiro atoms. The molecule has 33 heavy (non-hydrogen) atoms. The Bertz CT molecular complexity index is 1020. The number of thiocarbonyl (C=S) groups is 1. The minimum Gasteiger partial charge on any atom is -0.493 e. The van der Waals surface area contributed by atoms with Crippen LogP contribution in [-0.4, -0.2) is 39.4 Å². The molecule has 6 nitrogen and oxygen atoms in total. The van der Waals surface area contributed by atoms with Gasteiger partial charge in [0, 0.05) is 29.4 Å². The summed E-state index contributed by atoms with van der Waals surface area (Å²) >= 11 is 6.54. The van der Waals surface area contributed by atoms with E-state index in [2.05, 4.69) is 20.6 Å². The van der Waals surface area contributed by atoms with E-state index in [0.717, 1.165) is 24.5 Å². The number of nitrogens with one attached hydrogen (secondary N) is 2. The number of alkyl halides is 3. The number of pyridine rings is 1. The topological polar surface area (TPSA) is 75.6 Å². The molecule has 176 valence electrons. The summed E-state index contributed by atoms with van der Waals surface area (Å²) in [6.07, 6.45) is 1.20. The van der Waals surface area contributed by atoms with Crippen molar-refractivity contribution in [1.29, 1.82) is 0 Å². The molecule has 2 heterocycles. The lowest BCUT2D eigenvalue weighted by Gasteiger charge is -2.17. The molecule has 1 aromatic carbocycles. The van der Waals surface area contributed by atoms with Gasteiger partial charge in [0.25, 0.3) is 5.91 Å². The molecule has 0 saturated carbocycles. The lowest BCUT2D eigenvalue weighted by molar-refractivity contribution is -0.139. The number of anilines is 1. The van der Waals surface area contributed by atoms with Crippen LogP contribution in [0, 0.1) is 0 Å². The molecule has 1 aliphatic heterocycles. The van der Waals surface area contributed by atoms with Crippen molar-refractivity contribution in [3.8, 4) is 5.75 Å². The molecule has 1 aliphatic rings. The van der Waals surface area contributed by atoms with Crippen LogP contribution in [0.25, 0.3) is 0 Å². The summed E-state index contributed by atoms with van der Waals surface area (Å²) in [5.74, 6) is -0.244. The van der Waals surface area contributed by atoms with Gasteiger partial charge in [-0.15, -0.1) is 11.8 Å². The van der Waals surface area contributed by atoms with Gasteiger partial charge < -0.3 is 15.4 Å². The Morgan fingerprint density at radius 3 is 2.82 bits per heavy atom. The molecule has 2 aromatic rings. The fourth-order valence-corrected chi connectivity index (χ4v) is 4.25. The lowest BCUT2D eigenvalue weighted by atomic mass is 10.1. The van der Waals surface area contributed by atoms with Crippen LogP contribution in [0.15, 0.2) is 47.7 Å². The first-order valence-electron chi connectivity index (χ1n) is 10.3. The summed E-state index contributed by atoms with van der Waals surface area (Å²) in [5.41, 5.74) is 0.0000880. The number of ether oxygens (including phenoxy) is 1. The Labute approximate surface area is 199 Å². The Balaban J connectivity index is 1.61. The highest BCUT2D eigenvalue weighted by molar-refractivity contribution is 8.14. The van der Waals surface area contributed by atoms with Crippen LogP contribution < -0.4 is 15.4 Å². The van der Waals surface area contributed by atoms with E-state index in [1.165, 1.54) is 23.9 Å². The second-order valence-corrected chi connectivity index (χ2v) is 8.63. The maximum atomic E-state index is 13.5. The van der Waals surface area contributed by atoms with Crippen LogP contribution in [0.5, 0.6) is 5.75 Å². The minimum absolute atomic E-state index is 0.0916. The number of hydrogen-bond acceptors (Lipinski definition) is 6. The van der Waals surface area contributed by atoms with E-state index in [0.29, 0.717) is 17.2 Å². The molecule has 0 fully saturated rings. The molecule has 1 aromatic heterocycles. The first-order valence-corrected chi connectivity index (χ1v) is 11.7. The van der Waals surface area contributed by atoms with Gasteiger partial charge in [-0.25, -0.2) is 0 Å². The van der Waals surface area contributed by atoms with Crippen molar-refractivity contribution in [3.63, 3.8) is 0 Å². The summed E-state index contributed by atoms with van der Waals surface area (Å²) in [4.78, 5) is 20.9. The maximum absolute atomic E-state index is 13.5. The molecule has 1 amide bonds. The third-order valence-corrected chi connectivity index (χ3v) is 5.95. The number of amides is 1. The van der Waals surface area contributed by atoms with Crippen LogP contribution in [0.3, 0.4) is 0 Å². The fraction of sp³-hybridized carbons (Fsp3) is 0.364.